The molecule has 3 N–H and O–H groups in total. The first kappa shape index (κ1) is 36.5. The van der Waals surface area contributed by atoms with Crippen molar-refractivity contribution in [2.45, 2.75) is 75.1 Å². The summed E-state index contributed by atoms with van der Waals surface area (Å²) in [5.41, 5.74) is 2.61. The molecule has 0 aromatic heterocycles. The van der Waals surface area contributed by atoms with Crippen LogP contribution in [-0.2, 0) is 9.53 Å². The second-order valence-electron chi connectivity index (χ2n) is 14.9. The largest absolute Gasteiger partial charge is 0.496 e. The number of methoxy groups -OCH3 is 2. The first-order valence-electron chi connectivity index (χ1n) is 18.4. The van der Waals surface area contributed by atoms with Crippen molar-refractivity contribution in [2.75, 3.05) is 59.0 Å². The Morgan fingerprint density at radius 1 is 1.06 bits per heavy atom. The van der Waals surface area contributed by atoms with Crippen molar-refractivity contribution in [1.82, 2.24) is 10.2 Å². The summed E-state index contributed by atoms with van der Waals surface area (Å²) in [6.45, 7) is 7.62. The van der Waals surface area contributed by atoms with E-state index in [0.29, 0.717) is 34.6 Å². The predicted octanol–water partition coefficient (Wildman–Crippen LogP) is 7.47. The second-order valence-corrected chi connectivity index (χ2v) is 16.1. The molecule has 1 aliphatic heterocycles. The van der Waals surface area contributed by atoms with Gasteiger partial charge in [0.25, 0.3) is 0 Å². The average Bonchev–Trinajstić information content (AvgIpc) is 3.46. The summed E-state index contributed by atoms with van der Waals surface area (Å²) in [4.78, 5) is 22.3. The molecular weight excluding hydrogens is 647 g/mol. The summed E-state index contributed by atoms with van der Waals surface area (Å²) in [5.74, 6) is 4.16. The first-order chi connectivity index (χ1) is 24.2. The number of nitrogens with zero attached hydrogens (tertiary/aromatic N) is 2. The topological polar surface area (TPSA) is 108 Å². The highest BCUT2D eigenvalue weighted by molar-refractivity contribution is 7.99. The van der Waals surface area contributed by atoms with Crippen LogP contribution in [0.1, 0.15) is 75.8 Å². The Morgan fingerprint density at radius 3 is 2.34 bits per heavy atom. The minimum absolute atomic E-state index is 0.0497. The van der Waals surface area contributed by atoms with Gasteiger partial charge in [0.05, 0.1) is 25.5 Å². The zero-order chi connectivity index (χ0) is 35.4. The molecule has 0 saturated heterocycles. The van der Waals surface area contributed by atoms with E-state index in [1.54, 1.807) is 20.3 Å². The van der Waals surface area contributed by atoms with E-state index in [0.717, 1.165) is 69.6 Å². The van der Waals surface area contributed by atoms with Gasteiger partial charge in [0.1, 0.15) is 17.2 Å². The number of carbonyl (C=O) groups excluding carboxylic acids is 1. The van der Waals surface area contributed by atoms with Crippen molar-refractivity contribution in [3.63, 3.8) is 0 Å². The summed E-state index contributed by atoms with van der Waals surface area (Å²) >= 11 is 1.89. The average molecular weight is 702 g/mol. The summed E-state index contributed by atoms with van der Waals surface area (Å²) in [6, 6.07) is 12.2. The Hall–Kier alpha value is -3.34. The van der Waals surface area contributed by atoms with Crippen LogP contribution in [-0.4, -0.2) is 81.7 Å². The zero-order valence-corrected chi connectivity index (χ0v) is 31.5. The number of rotatable bonds is 17. The molecule has 4 saturated carbocycles. The molecule has 4 fully saturated rings. The number of cyclic esters (lactones) is 1. The molecular formula is C40H55N5O4S. The molecule has 0 radical (unpaired) electrons. The lowest BCUT2D eigenvalue weighted by Crippen LogP contribution is -2.59. The van der Waals surface area contributed by atoms with Crippen LogP contribution < -0.4 is 20.1 Å². The number of carbonyl (C=O) groups is 1. The second kappa shape index (κ2) is 15.9. The Labute approximate surface area is 302 Å². The van der Waals surface area contributed by atoms with Crippen LogP contribution in [0.2, 0.25) is 0 Å². The maximum atomic E-state index is 13.7. The van der Waals surface area contributed by atoms with Crippen molar-refractivity contribution >= 4 is 40.7 Å². The lowest BCUT2D eigenvalue weighted by atomic mass is 9.49. The van der Waals surface area contributed by atoms with E-state index < -0.39 is 5.54 Å². The summed E-state index contributed by atoms with van der Waals surface area (Å²) < 4.78 is 17.6. The standard InChI is InChI=1S/C40H55N5O4S/c1-25(2)31-23-30(50-17-9-16-45(4)15-8-14-42-3)12-13-33(31)43-34(37-35(47-5)10-7-11-36(37)48-6)24-32(41)38-44-40(39(46)49-38)28-19-26-18-27(21-28)22-29(40)20-26/h7,10-13,23-29,41-43H,8-9,14-22H2,1-6H3/b34-24-,41-32?. The summed E-state index contributed by atoms with van der Waals surface area (Å²) in [6.07, 6.45) is 9.42. The number of hydrogen-bond acceptors (Lipinski definition) is 10. The van der Waals surface area contributed by atoms with Gasteiger partial charge in [0.15, 0.2) is 5.54 Å². The van der Waals surface area contributed by atoms with Gasteiger partial charge in [-0.15, -0.1) is 11.8 Å². The van der Waals surface area contributed by atoms with Gasteiger partial charge in [-0.05, 0) is 156 Å². The van der Waals surface area contributed by atoms with Crippen LogP contribution in [0.25, 0.3) is 5.70 Å². The zero-order valence-electron chi connectivity index (χ0n) is 30.6. The Kier molecular flexibility index (Phi) is 11.6. The molecule has 0 atom stereocenters. The summed E-state index contributed by atoms with van der Waals surface area (Å²) in [5, 5.41) is 16.1. The molecule has 7 rings (SSSR count). The van der Waals surface area contributed by atoms with Crippen LogP contribution in [0.15, 0.2) is 52.4 Å². The fourth-order valence-corrected chi connectivity index (χ4v) is 9.85. The van der Waals surface area contributed by atoms with Crippen LogP contribution in [0, 0.1) is 29.1 Å². The van der Waals surface area contributed by atoms with E-state index in [1.165, 1.54) is 16.9 Å². The minimum atomic E-state index is -0.834. The smallest absolute Gasteiger partial charge is 0.341 e. The van der Waals surface area contributed by atoms with Gasteiger partial charge in [0.2, 0.25) is 5.90 Å². The molecule has 2 aromatic rings. The lowest BCUT2D eigenvalue weighted by molar-refractivity contribution is -0.153. The van der Waals surface area contributed by atoms with Crippen molar-refractivity contribution < 1.29 is 19.0 Å². The molecule has 0 unspecified atom stereocenters. The van der Waals surface area contributed by atoms with Crippen molar-refractivity contribution in [3.8, 4) is 11.5 Å². The number of aliphatic imine (C=N–C) groups is 1. The van der Waals surface area contributed by atoms with Crippen LogP contribution in [0.4, 0.5) is 5.69 Å². The molecule has 5 aliphatic rings. The third-order valence-electron chi connectivity index (χ3n) is 11.2. The Morgan fingerprint density at radius 2 is 1.72 bits per heavy atom. The number of thioether (sulfide) groups is 1. The Bertz CT molecular complexity index is 1570. The van der Waals surface area contributed by atoms with Crippen LogP contribution in [0.5, 0.6) is 11.5 Å². The van der Waals surface area contributed by atoms with E-state index in [-0.39, 0.29) is 35.3 Å². The molecule has 1 heterocycles. The highest BCUT2D eigenvalue weighted by Crippen LogP contribution is 2.61. The molecule has 4 aliphatic carbocycles. The van der Waals surface area contributed by atoms with E-state index in [9.17, 15) is 10.2 Å². The number of esters is 1. The van der Waals surface area contributed by atoms with Crippen molar-refractivity contribution in [1.29, 1.82) is 5.41 Å². The normalized spacial score (nSPS) is 25.4. The van der Waals surface area contributed by atoms with Gasteiger partial charge in [-0.25, -0.2) is 9.79 Å². The van der Waals surface area contributed by atoms with Gasteiger partial charge >= 0.3 is 5.97 Å². The van der Waals surface area contributed by atoms with E-state index >= 15 is 0 Å². The molecule has 1 spiro atoms. The highest BCUT2D eigenvalue weighted by atomic mass is 32.2. The van der Waals surface area contributed by atoms with Gasteiger partial charge < -0.3 is 29.7 Å². The van der Waals surface area contributed by atoms with Gasteiger partial charge in [-0.2, -0.15) is 0 Å². The molecule has 50 heavy (non-hydrogen) atoms. The fourth-order valence-electron chi connectivity index (χ4n) is 8.96. The molecule has 270 valence electrons. The number of nitrogens with one attached hydrogen (secondary N) is 3. The van der Waals surface area contributed by atoms with Gasteiger partial charge in [0, 0.05) is 10.6 Å². The highest BCUT2D eigenvalue weighted by Gasteiger charge is 2.64. The predicted molar refractivity (Wildman–Crippen MR) is 204 cm³/mol. The number of ether oxygens (including phenoxy) is 3. The molecule has 10 heteroatoms. The maximum absolute atomic E-state index is 13.7. The lowest BCUT2D eigenvalue weighted by Gasteiger charge is -2.56. The minimum Gasteiger partial charge on any atom is -0.496 e. The maximum Gasteiger partial charge on any atom is 0.341 e. The van der Waals surface area contributed by atoms with Crippen LogP contribution in [0.3, 0.4) is 0 Å². The number of anilines is 1. The number of benzene rings is 2. The molecule has 0 amide bonds. The SMILES string of the molecule is CNCCCN(C)CCCSc1ccc(N/C(=C\C(=N)C2=NC3(C(=O)O2)C2CC4CC(C2)CC3C4)c2c(OC)cccc2OC)c(C(C)C)c1. The molecule has 9 nitrogen and oxygen atoms in total. The van der Waals surface area contributed by atoms with Crippen molar-refractivity contribution in [3.05, 3.63) is 53.6 Å². The van der Waals surface area contributed by atoms with E-state index in [1.807, 2.05) is 37.0 Å². The third kappa shape index (κ3) is 7.48. The third-order valence-corrected chi connectivity index (χ3v) is 12.3. The Balaban J connectivity index is 1.27. The molecule has 2 aromatic carbocycles. The van der Waals surface area contributed by atoms with E-state index in [2.05, 4.69) is 54.6 Å². The fraction of sp³-hybridized carbons (Fsp3) is 0.575. The van der Waals surface area contributed by atoms with Crippen LogP contribution >= 0.6 is 11.8 Å². The molecule has 4 bridgehead atoms. The first-order valence-corrected chi connectivity index (χ1v) is 19.4. The van der Waals surface area contributed by atoms with Gasteiger partial charge in [-0.1, -0.05) is 19.9 Å². The van der Waals surface area contributed by atoms with Gasteiger partial charge in [-0.3, -0.25) is 5.41 Å². The monoisotopic (exact) mass is 701 g/mol. The quantitative estimate of drug-likeness (QED) is 0.0675. The number of hydrogen-bond donors (Lipinski definition) is 3. The summed E-state index contributed by atoms with van der Waals surface area (Å²) in [7, 11) is 7.46. The van der Waals surface area contributed by atoms with E-state index in [4.69, 9.17) is 19.2 Å². The van der Waals surface area contributed by atoms with Crippen molar-refractivity contribution in [2.24, 2.45) is 28.7 Å².